The third-order valence-electron chi connectivity index (χ3n) is 2.72. The van der Waals surface area contributed by atoms with Crippen LogP contribution in [-0.2, 0) is 17.6 Å². The fraction of sp³-hybridized carbons (Fsp3) is 0.357. The fourth-order valence-electron chi connectivity index (χ4n) is 1.82. The summed E-state index contributed by atoms with van der Waals surface area (Å²) >= 11 is 3.42. The van der Waals surface area contributed by atoms with Crippen molar-refractivity contribution in [3.63, 3.8) is 0 Å². The Bertz CT molecular complexity index is 462. The molecule has 96 valence electrons. The van der Waals surface area contributed by atoms with Crippen molar-refractivity contribution in [3.05, 3.63) is 44.8 Å². The Morgan fingerprint density at radius 3 is 2.94 bits per heavy atom. The molecule has 0 aliphatic rings. The molecule has 18 heavy (non-hydrogen) atoms. The minimum atomic E-state index is 0.144. The number of hydrogen-bond donors (Lipinski definition) is 1. The average molecular weight is 279 g/mol. The molecule has 2 rings (SSSR count). The van der Waals surface area contributed by atoms with Crippen LogP contribution in [0.15, 0.2) is 34.3 Å². The van der Waals surface area contributed by atoms with Crippen molar-refractivity contribution >= 4 is 28.6 Å². The molecule has 2 nitrogen and oxygen atoms in total. The summed E-state index contributed by atoms with van der Waals surface area (Å²) in [4.78, 5) is 13.1. The molecule has 0 saturated carbocycles. The lowest BCUT2D eigenvalue weighted by molar-refractivity contribution is -0.121. The topological polar surface area (TPSA) is 29.1 Å². The molecule has 0 radical (unpaired) electrons. The maximum atomic E-state index is 11.8. The molecule has 1 amide bonds. The Labute approximate surface area is 116 Å². The van der Waals surface area contributed by atoms with E-state index in [1.54, 1.807) is 22.7 Å². The molecule has 1 atom stereocenters. The van der Waals surface area contributed by atoms with E-state index >= 15 is 0 Å². The summed E-state index contributed by atoms with van der Waals surface area (Å²) in [6, 6.07) is 6.44. The highest BCUT2D eigenvalue weighted by Crippen LogP contribution is 2.11. The summed E-state index contributed by atoms with van der Waals surface area (Å²) in [5, 5.41) is 9.27. The molecular formula is C14H17NOS2. The lowest BCUT2D eigenvalue weighted by Crippen LogP contribution is -2.33. The van der Waals surface area contributed by atoms with Gasteiger partial charge < -0.3 is 5.32 Å². The Hall–Kier alpha value is -1.13. The Balaban J connectivity index is 1.70. The van der Waals surface area contributed by atoms with Gasteiger partial charge in [-0.05, 0) is 47.2 Å². The summed E-state index contributed by atoms with van der Waals surface area (Å²) in [7, 11) is 0. The van der Waals surface area contributed by atoms with Gasteiger partial charge in [-0.1, -0.05) is 6.07 Å². The second kappa shape index (κ2) is 6.71. The van der Waals surface area contributed by atoms with Gasteiger partial charge in [-0.3, -0.25) is 4.79 Å². The molecule has 0 bridgehead atoms. The van der Waals surface area contributed by atoms with Gasteiger partial charge in [0.05, 0.1) is 0 Å². The highest BCUT2D eigenvalue weighted by atomic mass is 32.1. The van der Waals surface area contributed by atoms with E-state index in [0.717, 1.165) is 12.8 Å². The fourth-order valence-corrected chi connectivity index (χ4v) is 3.36. The van der Waals surface area contributed by atoms with Crippen LogP contribution < -0.4 is 5.32 Å². The molecule has 0 spiro atoms. The highest BCUT2D eigenvalue weighted by molar-refractivity contribution is 7.09. The van der Waals surface area contributed by atoms with Crippen LogP contribution in [0.1, 0.15) is 23.8 Å². The molecule has 1 N–H and O–H groups in total. The van der Waals surface area contributed by atoms with Gasteiger partial charge in [-0.15, -0.1) is 11.3 Å². The largest absolute Gasteiger partial charge is 0.353 e. The Morgan fingerprint density at radius 1 is 1.39 bits per heavy atom. The third-order valence-corrected chi connectivity index (χ3v) is 4.35. The normalized spacial score (nSPS) is 12.3. The standard InChI is InChI=1S/C14H17NOS2/c1-11(9-13-3-2-7-18-13)15-14(16)5-4-12-6-8-17-10-12/h2-3,6-8,10-11H,4-5,9H2,1H3,(H,15,16). The number of thiophene rings is 2. The van der Waals surface area contributed by atoms with Crippen molar-refractivity contribution in [3.8, 4) is 0 Å². The smallest absolute Gasteiger partial charge is 0.220 e. The van der Waals surface area contributed by atoms with Gasteiger partial charge in [0.1, 0.15) is 0 Å². The monoisotopic (exact) mass is 279 g/mol. The first-order valence-electron chi connectivity index (χ1n) is 6.07. The first-order chi connectivity index (χ1) is 8.74. The van der Waals surface area contributed by atoms with E-state index in [1.807, 2.05) is 11.4 Å². The number of hydrogen-bond acceptors (Lipinski definition) is 3. The molecule has 0 aliphatic carbocycles. The van der Waals surface area contributed by atoms with Crippen molar-refractivity contribution in [1.82, 2.24) is 5.32 Å². The summed E-state index contributed by atoms with van der Waals surface area (Å²) in [6.45, 7) is 2.06. The predicted molar refractivity (Wildman–Crippen MR) is 78.3 cm³/mol. The van der Waals surface area contributed by atoms with Crippen LogP contribution in [0.2, 0.25) is 0 Å². The van der Waals surface area contributed by atoms with E-state index < -0.39 is 0 Å². The molecule has 0 aliphatic heterocycles. The van der Waals surface area contributed by atoms with Gasteiger partial charge >= 0.3 is 0 Å². The highest BCUT2D eigenvalue weighted by Gasteiger charge is 2.08. The Morgan fingerprint density at radius 2 is 2.28 bits per heavy atom. The van der Waals surface area contributed by atoms with Crippen LogP contribution in [0.25, 0.3) is 0 Å². The van der Waals surface area contributed by atoms with E-state index in [2.05, 4.69) is 35.1 Å². The summed E-state index contributed by atoms with van der Waals surface area (Å²) < 4.78 is 0. The number of carbonyl (C=O) groups is 1. The molecule has 1 unspecified atom stereocenters. The van der Waals surface area contributed by atoms with Crippen LogP contribution in [0.4, 0.5) is 0 Å². The van der Waals surface area contributed by atoms with Crippen molar-refractivity contribution < 1.29 is 4.79 Å². The summed E-state index contributed by atoms with van der Waals surface area (Å²) in [5.74, 6) is 0.144. The number of nitrogens with one attached hydrogen (secondary N) is 1. The summed E-state index contributed by atoms with van der Waals surface area (Å²) in [5.41, 5.74) is 1.25. The molecule has 0 aromatic carbocycles. The van der Waals surface area contributed by atoms with E-state index in [1.165, 1.54) is 10.4 Å². The van der Waals surface area contributed by atoms with Crippen molar-refractivity contribution in [2.24, 2.45) is 0 Å². The minimum Gasteiger partial charge on any atom is -0.353 e. The SMILES string of the molecule is CC(Cc1cccs1)NC(=O)CCc1ccsc1. The van der Waals surface area contributed by atoms with Gasteiger partial charge in [-0.2, -0.15) is 11.3 Å². The van der Waals surface area contributed by atoms with Gasteiger partial charge in [0.25, 0.3) is 0 Å². The first kappa shape index (κ1) is 13.3. The van der Waals surface area contributed by atoms with E-state index in [-0.39, 0.29) is 11.9 Å². The van der Waals surface area contributed by atoms with Gasteiger partial charge in [0, 0.05) is 23.8 Å². The molecule has 4 heteroatoms. The zero-order valence-corrected chi connectivity index (χ0v) is 12.0. The maximum Gasteiger partial charge on any atom is 0.220 e. The zero-order chi connectivity index (χ0) is 12.8. The zero-order valence-electron chi connectivity index (χ0n) is 10.4. The van der Waals surface area contributed by atoms with Crippen LogP contribution in [0.5, 0.6) is 0 Å². The van der Waals surface area contributed by atoms with Crippen LogP contribution in [0.3, 0.4) is 0 Å². The molecule has 2 aromatic heterocycles. The van der Waals surface area contributed by atoms with Gasteiger partial charge in [0.2, 0.25) is 5.91 Å². The third kappa shape index (κ3) is 4.27. The van der Waals surface area contributed by atoms with E-state index in [0.29, 0.717) is 6.42 Å². The van der Waals surface area contributed by atoms with Gasteiger partial charge in [0.15, 0.2) is 0 Å². The van der Waals surface area contributed by atoms with E-state index in [4.69, 9.17) is 0 Å². The lowest BCUT2D eigenvalue weighted by atomic mass is 10.1. The number of aryl methyl sites for hydroxylation is 1. The first-order valence-corrected chi connectivity index (χ1v) is 7.89. The van der Waals surface area contributed by atoms with Crippen molar-refractivity contribution in [2.45, 2.75) is 32.2 Å². The number of rotatable bonds is 6. The van der Waals surface area contributed by atoms with E-state index in [9.17, 15) is 4.79 Å². The second-order valence-corrected chi connectivity index (χ2v) is 6.20. The number of carbonyl (C=O) groups excluding carboxylic acids is 1. The number of amides is 1. The lowest BCUT2D eigenvalue weighted by Gasteiger charge is -2.12. The van der Waals surface area contributed by atoms with Gasteiger partial charge in [-0.25, -0.2) is 0 Å². The Kier molecular flexibility index (Phi) is 4.96. The molecular weight excluding hydrogens is 262 g/mol. The summed E-state index contributed by atoms with van der Waals surface area (Å²) in [6.07, 6.45) is 2.33. The predicted octanol–water partition coefficient (Wildman–Crippen LogP) is 3.49. The molecule has 0 fully saturated rings. The van der Waals surface area contributed by atoms with Crippen molar-refractivity contribution in [2.75, 3.05) is 0 Å². The average Bonchev–Trinajstić information content (AvgIpc) is 2.98. The van der Waals surface area contributed by atoms with Crippen LogP contribution >= 0.6 is 22.7 Å². The quantitative estimate of drug-likeness (QED) is 0.861. The molecule has 0 saturated heterocycles. The van der Waals surface area contributed by atoms with Crippen molar-refractivity contribution in [1.29, 1.82) is 0 Å². The minimum absolute atomic E-state index is 0.144. The van der Waals surface area contributed by atoms with Crippen LogP contribution in [-0.4, -0.2) is 11.9 Å². The molecule has 2 heterocycles. The second-order valence-electron chi connectivity index (χ2n) is 4.38. The van der Waals surface area contributed by atoms with Crippen LogP contribution in [0, 0.1) is 0 Å². The molecule has 2 aromatic rings. The maximum absolute atomic E-state index is 11.8.